The van der Waals surface area contributed by atoms with Crippen LogP contribution in [0.1, 0.15) is 12.2 Å². The van der Waals surface area contributed by atoms with Gasteiger partial charge >= 0.3 is 11.8 Å². The molecule has 2 amide bonds. The summed E-state index contributed by atoms with van der Waals surface area (Å²) in [6.45, 7) is 3.01. The van der Waals surface area contributed by atoms with Crippen molar-refractivity contribution in [2.75, 3.05) is 11.9 Å². The number of carbonyl (C=O) groups is 2. The van der Waals surface area contributed by atoms with E-state index in [-0.39, 0.29) is 0 Å². The van der Waals surface area contributed by atoms with E-state index in [0.717, 1.165) is 12.4 Å². The summed E-state index contributed by atoms with van der Waals surface area (Å²) in [6.07, 6.45) is 4.28. The Labute approximate surface area is 143 Å². The molecule has 0 spiro atoms. The van der Waals surface area contributed by atoms with Crippen molar-refractivity contribution in [1.29, 1.82) is 0 Å². The molecule has 122 valence electrons. The molecule has 0 aliphatic rings. The van der Waals surface area contributed by atoms with E-state index >= 15 is 0 Å². The van der Waals surface area contributed by atoms with Gasteiger partial charge in [0.1, 0.15) is 5.82 Å². The van der Waals surface area contributed by atoms with E-state index in [9.17, 15) is 9.59 Å². The van der Waals surface area contributed by atoms with Crippen molar-refractivity contribution in [2.45, 2.75) is 19.9 Å². The molecular weight excluding hydrogens is 339 g/mol. The number of halogens is 2. The Morgan fingerprint density at radius 2 is 1.87 bits per heavy atom. The number of carbonyl (C=O) groups excluding carboxylic acids is 2. The van der Waals surface area contributed by atoms with E-state index in [1.807, 2.05) is 17.7 Å². The molecule has 0 saturated heterocycles. The van der Waals surface area contributed by atoms with Crippen molar-refractivity contribution < 1.29 is 9.59 Å². The van der Waals surface area contributed by atoms with Crippen LogP contribution in [0, 0.1) is 6.92 Å². The number of hydrogen-bond acceptors (Lipinski definition) is 3. The van der Waals surface area contributed by atoms with Gasteiger partial charge in [0.05, 0.1) is 0 Å². The maximum absolute atomic E-state index is 11.8. The highest BCUT2D eigenvalue weighted by Gasteiger charge is 2.13. The zero-order chi connectivity index (χ0) is 16.8. The number of anilines is 1. The molecule has 2 aromatic rings. The maximum atomic E-state index is 11.8. The van der Waals surface area contributed by atoms with Crippen LogP contribution in [0.2, 0.25) is 10.0 Å². The van der Waals surface area contributed by atoms with Gasteiger partial charge in [-0.25, -0.2) is 4.98 Å². The quantitative estimate of drug-likeness (QED) is 0.640. The van der Waals surface area contributed by atoms with E-state index in [2.05, 4.69) is 15.6 Å². The number of nitrogens with one attached hydrogen (secondary N) is 2. The Balaban J connectivity index is 1.76. The molecule has 1 aromatic heterocycles. The number of aryl methyl sites for hydroxylation is 2. The highest BCUT2D eigenvalue weighted by molar-refractivity contribution is 6.40. The zero-order valence-corrected chi connectivity index (χ0v) is 14.0. The summed E-state index contributed by atoms with van der Waals surface area (Å²) in [7, 11) is 0. The van der Waals surface area contributed by atoms with Gasteiger partial charge in [-0.15, -0.1) is 0 Å². The summed E-state index contributed by atoms with van der Waals surface area (Å²) in [4.78, 5) is 27.6. The number of rotatable bonds is 5. The lowest BCUT2D eigenvalue weighted by molar-refractivity contribution is -0.136. The normalized spacial score (nSPS) is 10.4. The summed E-state index contributed by atoms with van der Waals surface area (Å²) in [5, 5.41) is 5.77. The molecule has 0 bridgehead atoms. The van der Waals surface area contributed by atoms with E-state index < -0.39 is 11.8 Å². The van der Waals surface area contributed by atoms with Crippen LogP contribution in [0.25, 0.3) is 0 Å². The maximum Gasteiger partial charge on any atom is 0.313 e. The summed E-state index contributed by atoms with van der Waals surface area (Å²) >= 11 is 11.7. The number of aromatic nitrogens is 2. The lowest BCUT2D eigenvalue weighted by atomic mass is 10.3. The SMILES string of the molecule is Cc1nccn1CCCNC(=O)C(=O)Nc1cc(Cl)cc(Cl)c1. The number of imidazole rings is 1. The lowest BCUT2D eigenvalue weighted by Crippen LogP contribution is -2.36. The van der Waals surface area contributed by atoms with Crippen molar-refractivity contribution in [2.24, 2.45) is 0 Å². The molecule has 8 heteroatoms. The molecule has 1 heterocycles. The van der Waals surface area contributed by atoms with Crippen molar-refractivity contribution >= 4 is 40.7 Å². The van der Waals surface area contributed by atoms with Crippen LogP contribution < -0.4 is 10.6 Å². The second kappa shape index (κ2) is 7.99. The first-order valence-electron chi connectivity index (χ1n) is 6.98. The van der Waals surface area contributed by atoms with Gasteiger partial charge in [-0.1, -0.05) is 23.2 Å². The molecule has 0 atom stereocenters. The Kier molecular flexibility index (Phi) is 6.01. The molecule has 0 aliphatic heterocycles. The standard InChI is InChI=1S/C15H16Cl2N4O2/c1-10-18-4-6-21(10)5-2-3-19-14(22)15(23)20-13-8-11(16)7-12(17)9-13/h4,6-9H,2-3,5H2,1H3,(H,19,22)(H,20,23). The van der Waals surface area contributed by atoms with Gasteiger partial charge in [0.15, 0.2) is 0 Å². The number of hydrogen-bond donors (Lipinski definition) is 2. The van der Waals surface area contributed by atoms with E-state index in [1.165, 1.54) is 18.2 Å². The Morgan fingerprint density at radius 3 is 2.48 bits per heavy atom. The van der Waals surface area contributed by atoms with Crippen LogP contribution >= 0.6 is 23.2 Å². The molecule has 2 rings (SSSR count). The molecule has 0 fully saturated rings. The van der Waals surface area contributed by atoms with Gasteiger partial charge in [0.2, 0.25) is 0 Å². The number of nitrogens with zero attached hydrogens (tertiary/aromatic N) is 2. The molecule has 0 aliphatic carbocycles. The van der Waals surface area contributed by atoms with Crippen LogP contribution in [-0.4, -0.2) is 27.9 Å². The molecule has 0 saturated carbocycles. The third-order valence-corrected chi connectivity index (χ3v) is 3.55. The number of amides is 2. The molecule has 23 heavy (non-hydrogen) atoms. The summed E-state index contributed by atoms with van der Waals surface area (Å²) in [6, 6.07) is 4.57. The fraction of sp³-hybridized carbons (Fsp3) is 0.267. The highest BCUT2D eigenvalue weighted by atomic mass is 35.5. The third kappa shape index (κ3) is 5.26. The predicted octanol–water partition coefficient (Wildman–Crippen LogP) is 2.64. The lowest BCUT2D eigenvalue weighted by Gasteiger charge is -2.08. The van der Waals surface area contributed by atoms with Crippen LogP contribution in [-0.2, 0) is 16.1 Å². The topological polar surface area (TPSA) is 76.0 Å². The first-order valence-corrected chi connectivity index (χ1v) is 7.74. The average Bonchev–Trinajstić information content (AvgIpc) is 2.87. The van der Waals surface area contributed by atoms with E-state index in [4.69, 9.17) is 23.2 Å². The highest BCUT2D eigenvalue weighted by Crippen LogP contribution is 2.22. The van der Waals surface area contributed by atoms with Crippen LogP contribution in [0.15, 0.2) is 30.6 Å². The van der Waals surface area contributed by atoms with Gasteiger partial charge in [-0.3, -0.25) is 9.59 Å². The fourth-order valence-electron chi connectivity index (χ4n) is 1.99. The fourth-order valence-corrected chi connectivity index (χ4v) is 2.51. The molecule has 0 unspecified atom stereocenters. The second-order valence-corrected chi connectivity index (χ2v) is 5.76. The zero-order valence-electron chi connectivity index (χ0n) is 12.5. The Bertz CT molecular complexity index is 695. The molecule has 1 aromatic carbocycles. The monoisotopic (exact) mass is 354 g/mol. The average molecular weight is 355 g/mol. The smallest absolute Gasteiger partial charge is 0.313 e. The molecule has 6 nitrogen and oxygen atoms in total. The predicted molar refractivity (Wildman–Crippen MR) is 89.7 cm³/mol. The summed E-state index contributed by atoms with van der Waals surface area (Å²) < 4.78 is 1.97. The van der Waals surface area contributed by atoms with Crippen LogP contribution in [0.4, 0.5) is 5.69 Å². The van der Waals surface area contributed by atoms with Crippen molar-refractivity contribution in [3.8, 4) is 0 Å². The van der Waals surface area contributed by atoms with E-state index in [1.54, 1.807) is 6.20 Å². The van der Waals surface area contributed by atoms with E-state index in [0.29, 0.717) is 28.7 Å². The first-order chi connectivity index (χ1) is 11.0. The molecular formula is C15H16Cl2N4O2. The van der Waals surface area contributed by atoms with Gasteiger partial charge in [0.25, 0.3) is 0 Å². The third-order valence-electron chi connectivity index (χ3n) is 3.11. The summed E-state index contributed by atoms with van der Waals surface area (Å²) in [5.74, 6) is -0.558. The van der Waals surface area contributed by atoms with Gasteiger partial charge in [0, 0.05) is 41.2 Å². The molecule has 0 radical (unpaired) electrons. The summed E-state index contributed by atoms with van der Waals surface area (Å²) in [5.41, 5.74) is 0.372. The van der Waals surface area contributed by atoms with Gasteiger partial charge < -0.3 is 15.2 Å². The van der Waals surface area contributed by atoms with Gasteiger partial charge in [-0.2, -0.15) is 0 Å². The van der Waals surface area contributed by atoms with Crippen molar-refractivity contribution in [3.63, 3.8) is 0 Å². The van der Waals surface area contributed by atoms with Gasteiger partial charge in [-0.05, 0) is 31.5 Å². The molecule has 2 N–H and O–H groups in total. The Hall–Kier alpha value is -2.05. The first kappa shape index (κ1) is 17.3. The minimum Gasteiger partial charge on any atom is -0.348 e. The largest absolute Gasteiger partial charge is 0.348 e. The Morgan fingerprint density at radius 1 is 1.17 bits per heavy atom. The second-order valence-electron chi connectivity index (χ2n) is 4.89. The van der Waals surface area contributed by atoms with Crippen molar-refractivity contribution in [1.82, 2.24) is 14.9 Å². The minimum atomic E-state index is -0.762. The van der Waals surface area contributed by atoms with Crippen LogP contribution in [0.3, 0.4) is 0 Å². The number of benzene rings is 1. The van der Waals surface area contributed by atoms with Crippen molar-refractivity contribution in [3.05, 3.63) is 46.5 Å². The minimum absolute atomic E-state index is 0.372. The van der Waals surface area contributed by atoms with Crippen LogP contribution in [0.5, 0.6) is 0 Å².